The summed E-state index contributed by atoms with van der Waals surface area (Å²) in [6, 6.07) is 16.1. The largest absolute Gasteiger partial charge is 0.321 e. The summed E-state index contributed by atoms with van der Waals surface area (Å²) in [5.74, 6) is -0.260. The highest BCUT2D eigenvalue weighted by atomic mass is 79.9. The van der Waals surface area contributed by atoms with Crippen LogP contribution in [0.2, 0.25) is 0 Å². The van der Waals surface area contributed by atoms with E-state index in [1.165, 1.54) is 0 Å². The second-order valence-electron chi connectivity index (χ2n) is 5.55. The Hall–Kier alpha value is -2.91. The van der Waals surface area contributed by atoms with Gasteiger partial charge in [0.1, 0.15) is 6.07 Å². The van der Waals surface area contributed by atoms with Crippen LogP contribution >= 0.6 is 15.9 Å². The SMILES string of the molecule is Cc1nn(-c2ccc(C(=O)Nc3ccccc3C#N)cc2)c(C)c1Br. The van der Waals surface area contributed by atoms with E-state index in [4.69, 9.17) is 5.26 Å². The Morgan fingerprint density at radius 2 is 1.84 bits per heavy atom. The third-order valence-corrected chi connectivity index (χ3v) is 5.02. The van der Waals surface area contributed by atoms with Gasteiger partial charge in [0.2, 0.25) is 0 Å². The first-order valence-corrected chi connectivity index (χ1v) is 8.43. The second-order valence-corrected chi connectivity index (χ2v) is 6.35. The Balaban J connectivity index is 1.84. The molecule has 6 heteroatoms. The highest BCUT2D eigenvalue weighted by Gasteiger charge is 2.12. The van der Waals surface area contributed by atoms with Gasteiger partial charge in [0.25, 0.3) is 5.91 Å². The molecule has 0 fully saturated rings. The molecule has 25 heavy (non-hydrogen) atoms. The molecule has 0 spiro atoms. The summed E-state index contributed by atoms with van der Waals surface area (Å²) in [4.78, 5) is 12.4. The molecular formula is C19H15BrN4O. The number of para-hydroxylation sites is 1. The van der Waals surface area contributed by atoms with E-state index in [-0.39, 0.29) is 5.91 Å². The first-order valence-electron chi connectivity index (χ1n) is 7.64. The van der Waals surface area contributed by atoms with E-state index >= 15 is 0 Å². The fourth-order valence-electron chi connectivity index (χ4n) is 2.51. The molecule has 0 aliphatic carbocycles. The summed E-state index contributed by atoms with van der Waals surface area (Å²) in [7, 11) is 0. The third kappa shape index (κ3) is 3.32. The molecule has 0 aliphatic heterocycles. The Morgan fingerprint density at radius 1 is 1.16 bits per heavy atom. The first kappa shape index (κ1) is 16.9. The number of benzene rings is 2. The van der Waals surface area contributed by atoms with E-state index in [0.717, 1.165) is 21.5 Å². The molecule has 2 aromatic carbocycles. The number of nitrogens with one attached hydrogen (secondary N) is 1. The molecule has 1 amide bonds. The highest BCUT2D eigenvalue weighted by molar-refractivity contribution is 9.10. The van der Waals surface area contributed by atoms with E-state index in [1.54, 1.807) is 36.4 Å². The predicted molar refractivity (Wildman–Crippen MR) is 99.8 cm³/mol. The van der Waals surface area contributed by atoms with Gasteiger partial charge < -0.3 is 5.32 Å². The minimum absolute atomic E-state index is 0.260. The Kier molecular flexibility index (Phi) is 4.68. The number of aromatic nitrogens is 2. The van der Waals surface area contributed by atoms with Gasteiger partial charge in [-0.3, -0.25) is 4.79 Å². The number of amides is 1. The number of nitrogens with zero attached hydrogens (tertiary/aromatic N) is 3. The topological polar surface area (TPSA) is 70.7 Å². The fraction of sp³-hybridized carbons (Fsp3) is 0.105. The lowest BCUT2D eigenvalue weighted by molar-refractivity contribution is 0.102. The van der Waals surface area contributed by atoms with Crippen LogP contribution in [0.5, 0.6) is 0 Å². The molecule has 0 radical (unpaired) electrons. The molecule has 0 bridgehead atoms. The van der Waals surface area contributed by atoms with Crippen molar-refractivity contribution in [3.05, 3.63) is 75.5 Å². The maximum atomic E-state index is 12.4. The average Bonchev–Trinajstić information content (AvgIpc) is 2.89. The normalized spacial score (nSPS) is 10.3. The van der Waals surface area contributed by atoms with Gasteiger partial charge >= 0.3 is 0 Å². The van der Waals surface area contributed by atoms with Crippen molar-refractivity contribution in [2.24, 2.45) is 0 Å². The molecule has 1 N–H and O–H groups in total. The Bertz CT molecular complexity index is 984. The van der Waals surface area contributed by atoms with Crippen molar-refractivity contribution < 1.29 is 4.79 Å². The molecule has 3 rings (SSSR count). The zero-order valence-electron chi connectivity index (χ0n) is 13.7. The second kappa shape index (κ2) is 6.91. The standard InChI is InChI=1S/C19H15BrN4O/c1-12-18(20)13(2)24(23-12)16-9-7-14(8-10-16)19(25)22-17-6-4-3-5-15(17)11-21/h3-10H,1-2H3,(H,22,25). The summed E-state index contributed by atoms with van der Waals surface area (Å²) in [6.45, 7) is 3.91. The molecule has 0 aliphatic rings. The van der Waals surface area contributed by atoms with Crippen LogP contribution in [0.3, 0.4) is 0 Å². The number of hydrogen-bond acceptors (Lipinski definition) is 3. The molecular weight excluding hydrogens is 380 g/mol. The number of aryl methyl sites for hydroxylation is 1. The maximum Gasteiger partial charge on any atom is 0.255 e. The lowest BCUT2D eigenvalue weighted by atomic mass is 10.1. The maximum absolute atomic E-state index is 12.4. The van der Waals surface area contributed by atoms with Gasteiger partial charge in [0.05, 0.1) is 32.8 Å². The first-order chi connectivity index (χ1) is 12.0. The lowest BCUT2D eigenvalue weighted by Crippen LogP contribution is -2.13. The summed E-state index contributed by atoms with van der Waals surface area (Å²) >= 11 is 3.51. The number of carbonyl (C=O) groups is 1. The van der Waals surface area contributed by atoms with Crippen molar-refractivity contribution in [1.82, 2.24) is 9.78 Å². The molecule has 0 saturated carbocycles. The third-order valence-electron chi connectivity index (χ3n) is 3.87. The lowest BCUT2D eigenvalue weighted by Gasteiger charge is -2.08. The summed E-state index contributed by atoms with van der Waals surface area (Å²) in [5, 5.41) is 16.3. The number of anilines is 1. The Morgan fingerprint density at radius 3 is 2.44 bits per heavy atom. The average molecular weight is 395 g/mol. The van der Waals surface area contributed by atoms with Crippen LogP contribution in [0, 0.1) is 25.2 Å². The van der Waals surface area contributed by atoms with Crippen molar-refractivity contribution in [1.29, 1.82) is 5.26 Å². The minimum Gasteiger partial charge on any atom is -0.321 e. The number of carbonyl (C=O) groups excluding carboxylic acids is 1. The van der Waals surface area contributed by atoms with Crippen LogP contribution in [0.15, 0.2) is 53.0 Å². The van der Waals surface area contributed by atoms with Gasteiger partial charge in [0, 0.05) is 5.56 Å². The van der Waals surface area contributed by atoms with E-state index < -0.39 is 0 Å². The van der Waals surface area contributed by atoms with Gasteiger partial charge in [-0.2, -0.15) is 10.4 Å². The number of rotatable bonds is 3. The van der Waals surface area contributed by atoms with Gasteiger partial charge in [-0.05, 0) is 66.2 Å². The smallest absolute Gasteiger partial charge is 0.255 e. The highest BCUT2D eigenvalue weighted by Crippen LogP contribution is 2.23. The van der Waals surface area contributed by atoms with Crippen molar-refractivity contribution in [2.45, 2.75) is 13.8 Å². The van der Waals surface area contributed by atoms with Crippen molar-refractivity contribution in [3.8, 4) is 11.8 Å². The number of halogens is 1. The molecule has 0 atom stereocenters. The Labute approximate surface area is 154 Å². The van der Waals surface area contributed by atoms with Crippen molar-refractivity contribution in [3.63, 3.8) is 0 Å². The van der Waals surface area contributed by atoms with E-state index in [2.05, 4.69) is 32.4 Å². The van der Waals surface area contributed by atoms with Crippen molar-refractivity contribution >= 4 is 27.5 Å². The van der Waals surface area contributed by atoms with Crippen LogP contribution in [0.4, 0.5) is 5.69 Å². The van der Waals surface area contributed by atoms with Crippen molar-refractivity contribution in [2.75, 3.05) is 5.32 Å². The monoisotopic (exact) mass is 394 g/mol. The minimum atomic E-state index is -0.260. The summed E-state index contributed by atoms with van der Waals surface area (Å²) in [6.07, 6.45) is 0. The van der Waals surface area contributed by atoms with E-state index in [1.807, 2.05) is 30.7 Å². The zero-order valence-corrected chi connectivity index (χ0v) is 15.3. The van der Waals surface area contributed by atoms with Crippen LogP contribution in [0.25, 0.3) is 5.69 Å². The van der Waals surface area contributed by atoms with Crippen LogP contribution < -0.4 is 5.32 Å². The zero-order chi connectivity index (χ0) is 18.0. The van der Waals surface area contributed by atoms with Crippen LogP contribution in [0.1, 0.15) is 27.3 Å². The van der Waals surface area contributed by atoms with Gasteiger partial charge in [-0.25, -0.2) is 4.68 Å². The quantitative estimate of drug-likeness (QED) is 0.716. The van der Waals surface area contributed by atoms with Crippen LogP contribution in [-0.4, -0.2) is 15.7 Å². The van der Waals surface area contributed by atoms with Gasteiger partial charge in [-0.15, -0.1) is 0 Å². The van der Waals surface area contributed by atoms with Crippen LogP contribution in [-0.2, 0) is 0 Å². The predicted octanol–water partition coefficient (Wildman–Crippen LogP) is 4.38. The molecule has 5 nitrogen and oxygen atoms in total. The fourth-order valence-corrected chi connectivity index (χ4v) is 2.76. The molecule has 3 aromatic rings. The molecule has 1 heterocycles. The van der Waals surface area contributed by atoms with Gasteiger partial charge in [0.15, 0.2) is 0 Å². The molecule has 1 aromatic heterocycles. The van der Waals surface area contributed by atoms with Gasteiger partial charge in [-0.1, -0.05) is 12.1 Å². The molecule has 0 unspecified atom stereocenters. The summed E-state index contributed by atoms with van der Waals surface area (Å²) in [5.41, 5.74) is 4.23. The number of hydrogen-bond donors (Lipinski definition) is 1. The molecule has 124 valence electrons. The van der Waals surface area contributed by atoms with E-state index in [0.29, 0.717) is 16.8 Å². The van der Waals surface area contributed by atoms with E-state index in [9.17, 15) is 4.79 Å². The number of nitriles is 1. The summed E-state index contributed by atoms with van der Waals surface area (Å²) < 4.78 is 2.80. The molecule has 0 saturated heterocycles.